The topological polar surface area (TPSA) is 83.1 Å². The highest BCUT2D eigenvalue weighted by Gasteiger charge is 2.43. The van der Waals surface area contributed by atoms with Crippen LogP contribution < -0.4 is 19.5 Å². The minimum Gasteiger partial charge on any atom is -0.497 e. The van der Waals surface area contributed by atoms with E-state index < -0.39 is 11.9 Å². The number of Topliss-reactive ketones (excluding diaryl/α,β-unsaturated/α-hetero) is 1. The maximum Gasteiger partial charge on any atom is 0.336 e. The number of dihydropyridines is 1. The van der Waals surface area contributed by atoms with E-state index >= 15 is 0 Å². The van der Waals surface area contributed by atoms with Crippen LogP contribution in [0.3, 0.4) is 0 Å². The molecule has 2 aromatic rings. The molecule has 36 heavy (non-hydrogen) atoms. The van der Waals surface area contributed by atoms with Gasteiger partial charge >= 0.3 is 5.97 Å². The molecule has 2 aromatic carbocycles. The molecule has 0 radical (unpaired) electrons. The first kappa shape index (κ1) is 25.4. The van der Waals surface area contributed by atoms with Gasteiger partial charge < -0.3 is 24.3 Å². The van der Waals surface area contributed by atoms with Gasteiger partial charge in [0.15, 0.2) is 5.78 Å². The Labute approximate surface area is 212 Å². The number of benzene rings is 2. The third-order valence-electron chi connectivity index (χ3n) is 6.74. The van der Waals surface area contributed by atoms with Crippen molar-refractivity contribution in [3.8, 4) is 17.2 Å². The molecule has 7 heteroatoms. The van der Waals surface area contributed by atoms with Gasteiger partial charge in [0.2, 0.25) is 0 Å². The molecule has 0 fully saturated rings. The molecule has 4 rings (SSSR count). The van der Waals surface area contributed by atoms with Crippen molar-refractivity contribution in [2.24, 2.45) is 5.41 Å². The Morgan fingerprint density at radius 1 is 1.00 bits per heavy atom. The van der Waals surface area contributed by atoms with E-state index in [9.17, 15) is 9.59 Å². The molecule has 0 bridgehead atoms. The van der Waals surface area contributed by atoms with Gasteiger partial charge in [-0.25, -0.2) is 4.79 Å². The lowest BCUT2D eigenvalue weighted by Gasteiger charge is -2.39. The average molecular weight is 492 g/mol. The molecule has 1 aliphatic carbocycles. The van der Waals surface area contributed by atoms with Crippen LogP contribution in [0, 0.1) is 5.41 Å². The van der Waals surface area contributed by atoms with Gasteiger partial charge in [0.05, 0.1) is 26.9 Å². The smallest absolute Gasteiger partial charge is 0.336 e. The zero-order valence-corrected chi connectivity index (χ0v) is 21.7. The molecule has 7 nitrogen and oxygen atoms in total. The van der Waals surface area contributed by atoms with Crippen LogP contribution in [-0.4, -0.2) is 33.1 Å². The highest BCUT2D eigenvalue weighted by atomic mass is 16.5. The Balaban J connectivity index is 1.71. The maximum absolute atomic E-state index is 13.4. The number of ether oxygens (including phenoxy) is 4. The van der Waals surface area contributed by atoms with Crippen LogP contribution in [0.25, 0.3) is 0 Å². The van der Waals surface area contributed by atoms with Crippen LogP contribution in [0.15, 0.2) is 65.0 Å². The average Bonchev–Trinajstić information content (AvgIpc) is 2.85. The number of ketones is 1. The highest BCUT2D eigenvalue weighted by molar-refractivity contribution is 6.04. The fourth-order valence-corrected chi connectivity index (χ4v) is 5.04. The van der Waals surface area contributed by atoms with Gasteiger partial charge in [-0.15, -0.1) is 0 Å². The third-order valence-corrected chi connectivity index (χ3v) is 6.74. The number of methoxy groups -OCH3 is 3. The molecule has 190 valence electrons. The highest BCUT2D eigenvalue weighted by Crippen LogP contribution is 2.47. The van der Waals surface area contributed by atoms with Crippen LogP contribution in [0.2, 0.25) is 0 Å². The Morgan fingerprint density at radius 2 is 1.69 bits per heavy atom. The number of rotatable bonds is 7. The largest absolute Gasteiger partial charge is 0.497 e. The van der Waals surface area contributed by atoms with E-state index in [2.05, 4.69) is 19.2 Å². The van der Waals surface area contributed by atoms with Crippen molar-refractivity contribution in [2.45, 2.75) is 46.1 Å². The SMILES string of the molecule is COC(=O)C1=C(C)NC2=C(C(=O)CC(C)(C)C2)[C@H]1c1ccc(COc2ccc(OC)cc2)c(OC)c1. The summed E-state index contributed by atoms with van der Waals surface area (Å²) in [6.45, 7) is 6.31. The summed E-state index contributed by atoms with van der Waals surface area (Å²) in [6, 6.07) is 13.1. The molecule has 1 N–H and O–H groups in total. The monoisotopic (exact) mass is 491 g/mol. The van der Waals surface area contributed by atoms with Gasteiger partial charge in [0.1, 0.15) is 23.9 Å². The first-order valence-corrected chi connectivity index (χ1v) is 11.9. The summed E-state index contributed by atoms with van der Waals surface area (Å²) in [5, 5.41) is 3.33. The standard InChI is InChI=1S/C29H33NO6/c1-17-25(28(32)35-6)26(27-22(30-17)14-29(2,3)15-23(27)31)18-7-8-19(24(13-18)34-5)16-36-21-11-9-20(33-4)10-12-21/h7-13,26,30H,14-16H2,1-6H3/t26-/m0/s1. The van der Waals surface area contributed by atoms with E-state index in [0.29, 0.717) is 41.4 Å². The molecule has 1 heterocycles. The fraction of sp³-hybridized carbons (Fsp3) is 0.379. The lowest BCUT2D eigenvalue weighted by molar-refractivity contribution is -0.136. The molecular formula is C29H33NO6. The zero-order chi connectivity index (χ0) is 26.0. The number of esters is 1. The fourth-order valence-electron chi connectivity index (χ4n) is 5.04. The van der Waals surface area contributed by atoms with Crippen molar-refractivity contribution >= 4 is 11.8 Å². The Hall–Kier alpha value is -3.74. The predicted molar refractivity (Wildman–Crippen MR) is 136 cm³/mol. The first-order valence-electron chi connectivity index (χ1n) is 11.9. The van der Waals surface area contributed by atoms with Gasteiger partial charge in [-0.05, 0) is 54.7 Å². The van der Waals surface area contributed by atoms with Crippen LogP contribution in [0.5, 0.6) is 17.2 Å². The number of hydrogen-bond donors (Lipinski definition) is 1. The Kier molecular flexibility index (Phi) is 7.11. The van der Waals surface area contributed by atoms with Crippen LogP contribution in [-0.2, 0) is 20.9 Å². The van der Waals surface area contributed by atoms with Gasteiger partial charge in [-0.3, -0.25) is 4.79 Å². The summed E-state index contributed by atoms with van der Waals surface area (Å²) in [5.41, 5.74) is 4.12. The number of carbonyl (C=O) groups is 2. The Bertz CT molecular complexity index is 1240. The van der Waals surface area contributed by atoms with Gasteiger partial charge in [0, 0.05) is 34.9 Å². The summed E-state index contributed by atoms with van der Waals surface area (Å²) in [4.78, 5) is 26.3. The maximum atomic E-state index is 13.4. The summed E-state index contributed by atoms with van der Waals surface area (Å²) < 4.78 is 22.0. The molecule has 1 atom stereocenters. The van der Waals surface area contributed by atoms with Crippen LogP contribution >= 0.6 is 0 Å². The zero-order valence-electron chi connectivity index (χ0n) is 21.7. The number of hydrogen-bond acceptors (Lipinski definition) is 7. The molecule has 1 aliphatic heterocycles. The van der Waals surface area contributed by atoms with E-state index in [1.807, 2.05) is 49.4 Å². The second-order valence-corrected chi connectivity index (χ2v) is 9.96. The van der Waals surface area contributed by atoms with E-state index in [1.165, 1.54) is 7.11 Å². The number of carbonyl (C=O) groups excluding carboxylic acids is 2. The molecule has 0 unspecified atom stereocenters. The molecule has 0 amide bonds. The molecular weight excluding hydrogens is 458 g/mol. The summed E-state index contributed by atoms with van der Waals surface area (Å²) >= 11 is 0. The van der Waals surface area contributed by atoms with E-state index in [1.54, 1.807) is 14.2 Å². The normalized spacial score (nSPS) is 18.8. The summed E-state index contributed by atoms with van der Waals surface area (Å²) in [5.74, 6) is 1.12. The lowest BCUT2D eigenvalue weighted by atomic mass is 9.68. The molecule has 0 saturated heterocycles. The van der Waals surface area contributed by atoms with Crippen molar-refractivity contribution in [3.63, 3.8) is 0 Å². The quantitative estimate of drug-likeness (QED) is 0.542. The molecule has 0 aromatic heterocycles. The van der Waals surface area contributed by atoms with Crippen molar-refractivity contribution in [3.05, 3.63) is 76.1 Å². The minimum absolute atomic E-state index is 0.0403. The van der Waals surface area contributed by atoms with E-state index in [4.69, 9.17) is 18.9 Å². The summed E-state index contributed by atoms with van der Waals surface area (Å²) in [6.07, 6.45) is 1.14. The number of allylic oxidation sites excluding steroid dienone is 3. The second-order valence-electron chi connectivity index (χ2n) is 9.96. The van der Waals surface area contributed by atoms with E-state index in [0.717, 1.165) is 29.0 Å². The molecule has 0 saturated carbocycles. The van der Waals surface area contributed by atoms with Crippen molar-refractivity contribution < 1.29 is 28.5 Å². The van der Waals surface area contributed by atoms with Gasteiger partial charge in [-0.1, -0.05) is 26.0 Å². The van der Waals surface area contributed by atoms with Gasteiger partial charge in [0.25, 0.3) is 0 Å². The molecule has 0 spiro atoms. The summed E-state index contributed by atoms with van der Waals surface area (Å²) in [7, 11) is 4.57. The third kappa shape index (κ3) is 4.96. The lowest BCUT2D eigenvalue weighted by Crippen LogP contribution is -2.38. The Morgan fingerprint density at radius 3 is 2.33 bits per heavy atom. The second kappa shape index (κ2) is 10.1. The van der Waals surface area contributed by atoms with Crippen LogP contribution in [0.1, 0.15) is 50.7 Å². The van der Waals surface area contributed by atoms with Crippen molar-refractivity contribution in [1.82, 2.24) is 5.32 Å². The van der Waals surface area contributed by atoms with Crippen LogP contribution in [0.4, 0.5) is 0 Å². The molecule has 2 aliphatic rings. The minimum atomic E-state index is -0.539. The van der Waals surface area contributed by atoms with Crippen molar-refractivity contribution in [2.75, 3.05) is 21.3 Å². The van der Waals surface area contributed by atoms with E-state index in [-0.39, 0.29) is 11.2 Å². The first-order chi connectivity index (χ1) is 17.2. The predicted octanol–water partition coefficient (Wildman–Crippen LogP) is 5.06. The van der Waals surface area contributed by atoms with Crippen molar-refractivity contribution in [1.29, 1.82) is 0 Å². The number of nitrogens with one attached hydrogen (secondary N) is 1. The van der Waals surface area contributed by atoms with Gasteiger partial charge in [-0.2, -0.15) is 0 Å².